The van der Waals surface area contributed by atoms with E-state index in [1.54, 1.807) is 12.4 Å². The van der Waals surface area contributed by atoms with Crippen molar-refractivity contribution in [3.63, 3.8) is 0 Å². The SMILES string of the molecule is Cc1c(Cl)cncc1CC(=N)N. The number of nitrogens with two attached hydrogens (primary N) is 1. The van der Waals surface area contributed by atoms with Crippen molar-refractivity contribution in [2.45, 2.75) is 13.3 Å². The average Bonchev–Trinajstić information content (AvgIpc) is 1.98. The van der Waals surface area contributed by atoms with Crippen molar-refractivity contribution < 1.29 is 0 Å². The summed E-state index contributed by atoms with van der Waals surface area (Å²) < 4.78 is 0. The highest BCUT2D eigenvalue weighted by molar-refractivity contribution is 6.31. The van der Waals surface area contributed by atoms with Crippen molar-refractivity contribution in [1.82, 2.24) is 4.98 Å². The molecule has 0 saturated carbocycles. The fraction of sp³-hybridized carbons (Fsp3) is 0.250. The van der Waals surface area contributed by atoms with Gasteiger partial charge in [-0.15, -0.1) is 0 Å². The molecule has 0 radical (unpaired) electrons. The van der Waals surface area contributed by atoms with Gasteiger partial charge in [0, 0.05) is 18.8 Å². The molecule has 12 heavy (non-hydrogen) atoms. The number of nitrogens with zero attached hydrogens (tertiary/aromatic N) is 1. The summed E-state index contributed by atoms with van der Waals surface area (Å²) in [5.41, 5.74) is 7.11. The predicted molar refractivity (Wildman–Crippen MR) is 49.6 cm³/mol. The van der Waals surface area contributed by atoms with Gasteiger partial charge in [0.05, 0.1) is 10.9 Å². The second-order valence-corrected chi connectivity index (χ2v) is 3.01. The molecule has 0 atom stereocenters. The third kappa shape index (κ3) is 1.95. The van der Waals surface area contributed by atoms with Crippen LogP contribution in [0.4, 0.5) is 0 Å². The molecule has 1 rings (SSSR count). The van der Waals surface area contributed by atoms with Crippen LogP contribution >= 0.6 is 11.6 Å². The Morgan fingerprint density at radius 3 is 2.92 bits per heavy atom. The van der Waals surface area contributed by atoms with E-state index in [-0.39, 0.29) is 5.84 Å². The number of nitrogens with one attached hydrogen (secondary N) is 1. The van der Waals surface area contributed by atoms with Crippen LogP contribution in [0.1, 0.15) is 11.1 Å². The predicted octanol–water partition coefficient (Wildman–Crippen LogP) is 1.52. The normalized spacial score (nSPS) is 9.83. The molecule has 0 aliphatic carbocycles. The van der Waals surface area contributed by atoms with E-state index in [0.717, 1.165) is 11.1 Å². The fourth-order valence-electron chi connectivity index (χ4n) is 0.923. The van der Waals surface area contributed by atoms with E-state index in [4.69, 9.17) is 22.7 Å². The van der Waals surface area contributed by atoms with E-state index in [2.05, 4.69) is 4.98 Å². The Morgan fingerprint density at radius 2 is 2.33 bits per heavy atom. The highest BCUT2D eigenvalue weighted by Crippen LogP contribution is 2.16. The lowest BCUT2D eigenvalue weighted by Crippen LogP contribution is -2.13. The third-order valence-corrected chi connectivity index (χ3v) is 2.02. The van der Waals surface area contributed by atoms with Crippen molar-refractivity contribution in [3.05, 3.63) is 28.5 Å². The maximum absolute atomic E-state index is 7.11. The van der Waals surface area contributed by atoms with Gasteiger partial charge in [-0.2, -0.15) is 0 Å². The van der Waals surface area contributed by atoms with Gasteiger partial charge in [-0.3, -0.25) is 10.4 Å². The van der Waals surface area contributed by atoms with E-state index in [0.29, 0.717) is 11.4 Å². The molecule has 1 heterocycles. The Bertz CT molecular complexity index is 309. The monoisotopic (exact) mass is 183 g/mol. The van der Waals surface area contributed by atoms with Crippen LogP contribution in [-0.4, -0.2) is 10.8 Å². The lowest BCUT2D eigenvalue weighted by atomic mass is 10.1. The molecule has 1 aromatic heterocycles. The fourth-order valence-corrected chi connectivity index (χ4v) is 1.10. The van der Waals surface area contributed by atoms with Gasteiger partial charge in [0.2, 0.25) is 0 Å². The minimum absolute atomic E-state index is 0.127. The van der Waals surface area contributed by atoms with Gasteiger partial charge in [-0.1, -0.05) is 11.6 Å². The first-order chi connectivity index (χ1) is 5.61. The zero-order valence-corrected chi connectivity index (χ0v) is 7.52. The molecule has 3 N–H and O–H groups in total. The molecule has 0 aliphatic rings. The van der Waals surface area contributed by atoms with Crippen LogP contribution in [0, 0.1) is 12.3 Å². The van der Waals surface area contributed by atoms with Gasteiger partial charge in [0.1, 0.15) is 0 Å². The first-order valence-corrected chi connectivity index (χ1v) is 3.91. The lowest BCUT2D eigenvalue weighted by Gasteiger charge is -2.04. The van der Waals surface area contributed by atoms with Gasteiger partial charge in [-0.05, 0) is 18.1 Å². The van der Waals surface area contributed by atoms with Gasteiger partial charge in [0.25, 0.3) is 0 Å². The van der Waals surface area contributed by atoms with Gasteiger partial charge >= 0.3 is 0 Å². The van der Waals surface area contributed by atoms with Crippen LogP contribution in [0.5, 0.6) is 0 Å². The Hall–Kier alpha value is -1.09. The molecule has 0 saturated heterocycles. The quantitative estimate of drug-likeness (QED) is 0.540. The zero-order valence-electron chi connectivity index (χ0n) is 6.76. The number of hydrogen-bond donors (Lipinski definition) is 2. The largest absolute Gasteiger partial charge is 0.387 e. The van der Waals surface area contributed by atoms with Gasteiger partial charge < -0.3 is 5.73 Å². The van der Waals surface area contributed by atoms with Crippen molar-refractivity contribution in [1.29, 1.82) is 5.41 Å². The van der Waals surface area contributed by atoms with Crippen LogP contribution < -0.4 is 5.73 Å². The third-order valence-electron chi connectivity index (χ3n) is 1.64. The Kier molecular flexibility index (Phi) is 2.65. The van der Waals surface area contributed by atoms with Gasteiger partial charge in [0.15, 0.2) is 0 Å². The van der Waals surface area contributed by atoms with E-state index < -0.39 is 0 Å². The van der Waals surface area contributed by atoms with Crippen LogP contribution in [0.15, 0.2) is 12.4 Å². The molecule has 0 aliphatic heterocycles. The van der Waals surface area contributed by atoms with Crippen molar-refractivity contribution >= 4 is 17.4 Å². The topological polar surface area (TPSA) is 62.8 Å². The molecule has 0 amide bonds. The standard InChI is InChI=1S/C8H10ClN3/c1-5-6(2-8(10)11)3-12-4-7(5)9/h3-4H,2H2,1H3,(H3,10,11). The highest BCUT2D eigenvalue weighted by Gasteiger charge is 2.03. The summed E-state index contributed by atoms with van der Waals surface area (Å²) in [7, 11) is 0. The van der Waals surface area contributed by atoms with Crippen molar-refractivity contribution in [3.8, 4) is 0 Å². The molecule has 0 fully saturated rings. The van der Waals surface area contributed by atoms with Crippen LogP contribution in [-0.2, 0) is 6.42 Å². The number of amidine groups is 1. The summed E-state index contributed by atoms with van der Waals surface area (Å²) in [6.45, 7) is 1.89. The van der Waals surface area contributed by atoms with Crippen LogP contribution in [0.25, 0.3) is 0 Å². The van der Waals surface area contributed by atoms with E-state index in [9.17, 15) is 0 Å². The summed E-state index contributed by atoms with van der Waals surface area (Å²) in [4.78, 5) is 3.91. The molecule has 0 bridgehead atoms. The van der Waals surface area contributed by atoms with Crippen LogP contribution in [0.3, 0.4) is 0 Å². The van der Waals surface area contributed by atoms with E-state index in [1.165, 1.54) is 0 Å². The molecular formula is C8H10ClN3. The number of pyridine rings is 1. The van der Waals surface area contributed by atoms with E-state index in [1.807, 2.05) is 6.92 Å². The summed E-state index contributed by atoms with van der Waals surface area (Å²) >= 11 is 5.82. The Balaban J connectivity index is 3.00. The average molecular weight is 184 g/mol. The molecule has 64 valence electrons. The molecule has 1 aromatic rings. The summed E-state index contributed by atoms with van der Waals surface area (Å²) in [6, 6.07) is 0. The number of halogens is 1. The number of hydrogen-bond acceptors (Lipinski definition) is 2. The highest BCUT2D eigenvalue weighted by atomic mass is 35.5. The Labute approximate surface area is 76.1 Å². The minimum atomic E-state index is 0.127. The summed E-state index contributed by atoms with van der Waals surface area (Å²) in [5.74, 6) is 0.127. The maximum atomic E-state index is 7.11. The molecule has 0 unspecified atom stereocenters. The smallest absolute Gasteiger partial charge is 0.0950 e. The maximum Gasteiger partial charge on any atom is 0.0950 e. The molecule has 0 aromatic carbocycles. The first-order valence-electron chi connectivity index (χ1n) is 3.53. The number of rotatable bonds is 2. The molecule has 3 nitrogen and oxygen atoms in total. The first kappa shape index (κ1) is 9.00. The van der Waals surface area contributed by atoms with Gasteiger partial charge in [-0.25, -0.2) is 0 Å². The van der Waals surface area contributed by atoms with Crippen molar-refractivity contribution in [2.75, 3.05) is 0 Å². The molecule has 4 heteroatoms. The lowest BCUT2D eigenvalue weighted by molar-refractivity contribution is 1.15. The zero-order chi connectivity index (χ0) is 9.14. The minimum Gasteiger partial charge on any atom is -0.387 e. The molecule has 0 spiro atoms. The second kappa shape index (κ2) is 3.54. The summed E-state index contributed by atoms with van der Waals surface area (Å²) in [5, 5.41) is 7.73. The summed E-state index contributed by atoms with van der Waals surface area (Å²) in [6.07, 6.45) is 3.68. The van der Waals surface area contributed by atoms with E-state index >= 15 is 0 Å². The number of aromatic nitrogens is 1. The van der Waals surface area contributed by atoms with Crippen LogP contribution in [0.2, 0.25) is 5.02 Å². The molecular weight excluding hydrogens is 174 g/mol. The second-order valence-electron chi connectivity index (χ2n) is 2.61. The Morgan fingerprint density at radius 1 is 1.67 bits per heavy atom. The van der Waals surface area contributed by atoms with Crippen molar-refractivity contribution in [2.24, 2.45) is 5.73 Å².